The Hall–Kier alpha value is -1.64. The molecule has 1 aromatic carbocycles. The second-order valence-corrected chi connectivity index (χ2v) is 5.11. The Kier molecular flexibility index (Phi) is 2.69. The van der Waals surface area contributed by atoms with E-state index in [9.17, 15) is 9.59 Å². The van der Waals surface area contributed by atoms with E-state index in [0.717, 1.165) is 42.6 Å². The van der Waals surface area contributed by atoms with Crippen LogP contribution in [-0.2, 0) is 11.2 Å². The van der Waals surface area contributed by atoms with Crippen LogP contribution >= 0.6 is 0 Å². The monoisotopic (exact) mass is 243 g/mol. The van der Waals surface area contributed by atoms with Gasteiger partial charge in [0.05, 0.1) is 5.69 Å². The van der Waals surface area contributed by atoms with Gasteiger partial charge in [-0.2, -0.15) is 0 Å². The molecule has 0 aliphatic carbocycles. The van der Waals surface area contributed by atoms with Crippen molar-refractivity contribution in [2.45, 2.75) is 32.6 Å². The van der Waals surface area contributed by atoms with E-state index >= 15 is 0 Å². The van der Waals surface area contributed by atoms with E-state index in [-0.39, 0.29) is 11.7 Å². The Balaban J connectivity index is 2.15. The van der Waals surface area contributed by atoms with Crippen molar-refractivity contribution < 1.29 is 9.59 Å². The predicted molar refractivity (Wildman–Crippen MR) is 69.8 cm³/mol. The van der Waals surface area contributed by atoms with Crippen molar-refractivity contribution in [2.24, 2.45) is 5.92 Å². The summed E-state index contributed by atoms with van der Waals surface area (Å²) in [6, 6.07) is 5.84. The fourth-order valence-corrected chi connectivity index (χ4v) is 3.10. The third-order valence-corrected chi connectivity index (χ3v) is 3.94. The van der Waals surface area contributed by atoms with Crippen LogP contribution in [0, 0.1) is 5.92 Å². The molecule has 2 heterocycles. The molecule has 0 N–H and O–H groups in total. The normalized spacial score (nSPS) is 22.1. The molecule has 2 aliphatic rings. The van der Waals surface area contributed by atoms with Crippen molar-refractivity contribution in [3.05, 3.63) is 29.3 Å². The summed E-state index contributed by atoms with van der Waals surface area (Å²) < 4.78 is 0. The van der Waals surface area contributed by atoms with E-state index in [2.05, 4.69) is 0 Å². The van der Waals surface area contributed by atoms with Crippen LogP contribution in [0.2, 0.25) is 0 Å². The van der Waals surface area contributed by atoms with Gasteiger partial charge in [0, 0.05) is 12.1 Å². The lowest BCUT2D eigenvalue weighted by atomic mass is 9.83. The molecule has 18 heavy (non-hydrogen) atoms. The second kappa shape index (κ2) is 4.23. The van der Waals surface area contributed by atoms with Crippen molar-refractivity contribution in [1.82, 2.24) is 0 Å². The Morgan fingerprint density at radius 2 is 2.17 bits per heavy atom. The summed E-state index contributed by atoms with van der Waals surface area (Å²) in [6.07, 6.45) is 3.50. The van der Waals surface area contributed by atoms with E-state index in [1.54, 1.807) is 0 Å². The van der Waals surface area contributed by atoms with Crippen LogP contribution in [0.3, 0.4) is 0 Å². The number of rotatable bonds is 2. The molecule has 3 heteroatoms. The molecule has 1 aromatic rings. The molecule has 3 rings (SSSR count). The number of aryl methyl sites for hydroxylation is 1. The highest BCUT2D eigenvalue weighted by molar-refractivity contribution is 6.22. The number of ketones is 1. The quantitative estimate of drug-likeness (QED) is 0.749. The molecular formula is C15H17NO2. The zero-order chi connectivity index (χ0) is 12.7. The molecule has 1 amide bonds. The van der Waals surface area contributed by atoms with Gasteiger partial charge in [0.1, 0.15) is 5.92 Å². The number of amides is 1. The second-order valence-electron chi connectivity index (χ2n) is 5.11. The molecule has 2 aliphatic heterocycles. The van der Waals surface area contributed by atoms with Crippen LogP contribution < -0.4 is 4.90 Å². The van der Waals surface area contributed by atoms with Crippen molar-refractivity contribution in [3.63, 3.8) is 0 Å². The highest BCUT2D eigenvalue weighted by atomic mass is 16.2. The molecule has 0 aromatic heterocycles. The highest BCUT2D eigenvalue weighted by Gasteiger charge is 2.40. The Labute approximate surface area is 107 Å². The lowest BCUT2D eigenvalue weighted by Crippen LogP contribution is -2.47. The van der Waals surface area contributed by atoms with E-state index < -0.39 is 5.92 Å². The predicted octanol–water partition coefficient (Wildman–Crippen LogP) is 2.58. The van der Waals surface area contributed by atoms with Gasteiger partial charge < -0.3 is 4.90 Å². The molecular weight excluding hydrogens is 226 g/mol. The van der Waals surface area contributed by atoms with E-state index in [1.165, 1.54) is 0 Å². The van der Waals surface area contributed by atoms with Crippen LogP contribution in [0.1, 0.15) is 42.1 Å². The molecule has 0 fully saturated rings. The maximum absolute atomic E-state index is 12.4. The fourth-order valence-electron chi connectivity index (χ4n) is 3.10. The molecule has 1 atom stereocenters. The lowest BCUT2D eigenvalue weighted by molar-refractivity contribution is -0.121. The SMILES string of the molecule is CCCC1C(=O)c2cccc3c2N(CCC3)C1=O. The molecule has 0 bridgehead atoms. The minimum absolute atomic E-state index is 0.0153. The summed E-state index contributed by atoms with van der Waals surface area (Å²) >= 11 is 0. The van der Waals surface area contributed by atoms with Gasteiger partial charge in [0.25, 0.3) is 0 Å². The zero-order valence-electron chi connectivity index (χ0n) is 10.6. The van der Waals surface area contributed by atoms with Gasteiger partial charge in [-0.05, 0) is 30.9 Å². The fraction of sp³-hybridized carbons (Fsp3) is 0.467. The smallest absolute Gasteiger partial charge is 0.237 e. The Morgan fingerprint density at radius 1 is 1.33 bits per heavy atom. The summed E-state index contributed by atoms with van der Waals surface area (Å²) in [7, 11) is 0. The van der Waals surface area contributed by atoms with Gasteiger partial charge in [-0.15, -0.1) is 0 Å². The van der Waals surface area contributed by atoms with E-state index in [4.69, 9.17) is 0 Å². The number of nitrogens with zero attached hydrogens (tertiary/aromatic N) is 1. The number of para-hydroxylation sites is 1. The zero-order valence-corrected chi connectivity index (χ0v) is 10.6. The first kappa shape index (κ1) is 11.5. The third-order valence-electron chi connectivity index (χ3n) is 3.94. The standard InChI is InChI=1S/C15H17NO2/c1-2-5-12-14(17)11-8-3-6-10-7-4-9-16(13(10)11)15(12)18/h3,6,8,12H,2,4-5,7,9H2,1H3. The highest BCUT2D eigenvalue weighted by Crippen LogP contribution is 2.38. The van der Waals surface area contributed by atoms with Crippen molar-refractivity contribution in [2.75, 3.05) is 11.4 Å². The molecule has 0 saturated carbocycles. The number of carbonyl (C=O) groups excluding carboxylic acids is 2. The summed E-state index contributed by atoms with van der Waals surface area (Å²) in [4.78, 5) is 26.7. The molecule has 3 nitrogen and oxygen atoms in total. The number of hydrogen-bond acceptors (Lipinski definition) is 2. The first-order valence-electron chi connectivity index (χ1n) is 6.71. The summed E-state index contributed by atoms with van der Waals surface area (Å²) in [5.74, 6) is -0.408. The van der Waals surface area contributed by atoms with Crippen LogP contribution in [0.4, 0.5) is 5.69 Å². The van der Waals surface area contributed by atoms with Gasteiger partial charge in [-0.25, -0.2) is 0 Å². The van der Waals surface area contributed by atoms with Crippen LogP contribution in [0.25, 0.3) is 0 Å². The molecule has 0 spiro atoms. The van der Waals surface area contributed by atoms with E-state index in [0.29, 0.717) is 6.42 Å². The Morgan fingerprint density at radius 3 is 2.94 bits per heavy atom. The molecule has 1 unspecified atom stereocenters. The maximum Gasteiger partial charge on any atom is 0.237 e. The number of Topliss-reactive ketones (excluding diaryl/α,β-unsaturated/α-hetero) is 1. The van der Waals surface area contributed by atoms with Gasteiger partial charge in [-0.1, -0.05) is 25.5 Å². The van der Waals surface area contributed by atoms with Crippen molar-refractivity contribution in [1.29, 1.82) is 0 Å². The molecule has 0 radical (unpaired) electrons. The summed E-state index contributed by atoms with van der Waals surface area (Å²) in [6.45, 7) is 2.78. The minimum atomic E-state index is -0.448. The summed E-state index contributed by atoms with van der Waals surface area (Å²) in [5, 5.41) is 0. The molecule has 0 saturated heterocycles. The third kappa shape index (κ3) is 1.50. The van der Waals surface area contributed by atoms with Gasteiger partial charge in [-0.3, -0.25) is 9.59 Å². The van der Waals surface area contributed by atoms with Gasteiger partial charge >= 0.3 is 0 Å². The maximum atomic E-state index is 12.4. The lowest BCUT2D eigenvalue weighted by Gasteiger charge is -2.37. The van der Waals surface area contributed by atoms with Crippen molar-refractivity contribution in [3.8, 4) is 0 Å². The van der Waals surface area contributed by atoms with Gasteiger partial charge in [0.15, 0.2) is 5.78 Å². The first-order valence-corrected chi connectivity index (χ1v) is 6.71. The number of anilines is 1. The van der Waals surface area contributed by atoms with Crippen molar-refractivity contribution >= 4 is 17.4 Å². The summed E-state index contributed by atoms with van der Waals surface area (Å²) in [5.41, 5.74) is 2.80. The van der Waals surface area contributed by atoms with Crippen LogP contribution in [0.5, 0.6) is 0 Å². The van der Waals surface area contributed by atoms with Crippen LogP contribution in [-0.4, -0.2) is 18.2 Å². The van der Waals surface area contributed by atoms with E-state index in [1.807, 2.05) is 30.0 Å². The Bertz CT molecular complexity index is 521. The largest absolute Gasteiger partial charge is 0.311 e. The number of benzene rings is 1. The number of carbonyl (C=O) groups is 2. The topological polar surface area (TPSA) is 37.4 Å². The van der Waals surface area contributed by atoms with Gasteiger partial charge in [0.2, 0.25) is 5.91 Å². The number of hydrogen-bond donors (Lipinski definition) is 0. The minimum Gasteiger partial charge on any atom is -0.311 e. The average Bonchev–Trinajstić information content (AvgIpc) is 2.40. The first-order chi connectivity index (χ1) is 8.74. The van der Waals surface area contributed by atoms with Crippen LogP contribution in [0.15, 0.2) is 18.2 Å². The molecule has 94 valence electrons. The average molecular weight is 243 g/mol.